The van der Waals surface area contributed by atoms with Crippen LogP contribution in [0.5, 0.6) is 0 Å². The molecular weight excluding hydrogens is 406 g/mol. The smallest absolute Gasteiger partial charge is 0.290 e. The Morgan fingerprint density at radius 1 is 1.16 bits per heavy atom. The van der Waals surface area contributed by atoms with Crippen LogP contribution in [0.4, 0.5) is 0 Å². The van der Waals surface area contributed by atoms with Crippen LogP contribution in [0.3, 0.4) is 0 Å². The van der Waals surface area contributed by atoms with Crippen LogP contribution < -0.4 is 5.32 Å². The molecule has 0 aliphatic carbocycles. The van der Waals surface area contributed by atoms with Gasteiger partial charge in [0, 0.05) is 38.6 Å². The summed E-state index contributed by atoms with van der Waals surface area (Å²) in [5.74, 6) is 1.01. The molecule has 0 radical (unpaired) electrons. The number of nitrogens with zero attached hydrogens (tertiary/aromatic N) is 2. The number of benzene rings is 1. The highest BCUT2D eigenvalue weighted by Gasteiger charge is 2.47. The van der Waals surface area contributed by atoms with E-state index in [1.54, 1.807) is 0 Å². The molecule has 7 heteroatoms. The van der Waals surface area contributed by atoms with Gasteiger partial charge in [0.15, 0.2) is 0 Å². The molecule has 1 aromatic rings. The lowest BCUT2D eigenvalue weighted by Crippen LogP contribution is -2.65. The highest BCUT2D eigenvalue weighted by atomic mass is 16.3. The molecule has 0 saturated carbocycles. The Bertz CT molecular complexity index is 798. The Hall–Kier alpha value is -2.41. The van der Waals surface area contributed by atoms with E-state index in [2.05, 4.69) is 40.5 Å². The Kier molecular flexibility index (Phi) is 7.93. The lowest BCUT2D eigenvalue weighted by molar-refractivity contribution is -0.146. The van der Waals surface area contributed by atoms with Crippen LogP contribution in [-0.4, -0.2) is 70.4 Å². The third-order valence-electron chi connectivity index (χ3n) is 7.14. The largest absolute Gasteiger partial charge is 0.483 e. The van der Waals surface area contributed by atoms with E-state index < -0.39 is 5.54 Å². The molecule has 4 rings (SSSR count). The molecule has 2 N–H and O–H groups in total. The van der Waals surface area contributed by atoms with E-state index in [0.717, 1.165) is 26.1 Å². The third kappa shape index (κ3) is 5.68. The van der Waals surface area contributed by atoms with Crippen LogP contribution in [0, 0.1) is 11.8 Å². The SMILES string of the molecule is CC(=O)NC(C)(C)C(=O)N1C[C@@H]2C[C@H](C1)[C@@H]1CCC[C@H](Cc3ccccc3)N1C2.O=CO. The van der Waals surface area contributed by atoms with Gasteiger partial charge < -0.3 is 15.3 Å². The summed E-state index contributed by atoms with van der Waals surface area (Å²) >= 11 is 0. The number of carboxylic acid groups (broad SMARTS) is 1. The van der Waals surface area contributed by atoms with E-state index in [4.69, 9.17) is 9.90 Å². The molecule has 2 bridgehead atoms. The molecule has 0 aromatic heterocycles. The van der Waals surface area contributed by atoms with Gasteiger partial charge in [-0.25, -0.2) is 0 Å². The summed E-state index contributed by atoms with van der Waals surface area (Å²) in [6.07, 6.45) is 6.19. The minimum Gasteiger partial charge on any atom is -0.483 e. The minimum atomic E-state index is -0.834. The first kappa shape index (κ1) is 24.2. The van der Waals surface area contributed by atoms with E-state index >= 15 is 0 Å². The fraction of sp³-hybridized carbons (Fsp3) is 0.640. The van der Waals surface area contributed by atoms with Crippen LogP contribution in [0.25, 0.3) is 0 Å². The van der Waals surface area contributed by atoms with Crippen molar-refractivity contribution in [3.8, 4) is 0 Å². The van der Waals surface area contributed by atoms with Crippen molar-refractivity contribution in [1.29, 1.82) is 0 Å². The predicted octanol–water partition coefficient (Wildman–Crippen LogP) is 2.55. The fourth-order valence-corrected chi connectivity index (χ4v) is 6.07. The summed E-state index contributed by atoms with van der Waals surface area (Å²) in [6, 6.07) is 12.1. The number of amides is 2. The zero-order chi connectivity index (χ0) is 23.3. The summed E-state index contributed by atoms with van der Waals surface area (Å²) in [5.41, 5.74) is 0.599. The average Bonchev–Trinajstić information content (AvgIpc) is 2.74. The van der Waals surface area contributed by atoms with E-state index in [9.17, 15) is 9.59 Å². The van der Waals surface area contributed by atoms with Gasteiger partial charge in [-0.2, -0.15) is 0 Å². The normalized spacial score (nSPS) is 27.4. The van der Waals surface area contributed by atoms with Gasteiger partial charge in [-0.05, 0) is 56.9 Å². The third-order valence-corrected chi connectivity index (χ3v) is 7.14. The van der Waals surface area contributed by atoms with Gasteiger partial charge in [-0.15, -0.1) is 0 Å². The molecule has 3 aliphatic heterocycles. The van der Waals surface area contributed by atoms with Crippen molar-refractivity contribution in [2.75, 3.05) is 19.6 Å². The Balaban J connectivity index is 0.000000913. The first-order valence-electron chi connectivity index (χ1n) is 11.7. The number of carbonyl (C=O) groups excluding carboxylic acids is 2. The monoisotopic (exact) mass is 443 g/mol. The number of nitrogens with one attached hydrogen (secondary N) is 1. The second-order valence-corrected chi connectivity index (χ2v) is 10.0. The van der Waals surface area contributed by atoms with E-state index in [0.29, 0.717) is 23.9 Å². The van der Waals surface area contributed by atoms with Gasteiger partial charge >= 0.3 is 0 Å². The van der Waals surface area contributed by atoms with Gasteiger partial charge in [-0.1, -0.05) is 36.8 Å². The van der Waals surface area contributed by atoms with Crippen molar-refractivity contribution < 1.29 is 19.5 Å². The molecule has 3 heterocycles. The molecule has 176 valence electrons. The van der Waals surface area contributed by atoms with Crippen LogP contribution in [0.15, 0.2) is 30.3 Å². The maximum absolute atomic E-state index is 13.1. The lowest BCUT2D eigenvalue weighted by Gasteiger charge is -2.55. The van der Waals surface area contributed by atoms with Crippen LogP contribution in [-0.2, 0) is 20.8 Å². The van der Waals surface area contributed by atoms with E-state index in [1.807, 2.05) is 18.7 Å². The zero-order valence-corrected chi connectivity index (χ0v) is 19.5. The van der Waals surface area contributed by atoms with Gasteiger partial charge in [-0.3, -0.25) is 19.3 Å². The first-order valence-corrected chi connectivity index (χ1v) is 11.7. The van der Waals surface area contributed by atoms with Crippen molar-refractivity contribution in [3.63, 3.8) is 0 Å². The van der Waals surface area contributed by atoms with Gasteiger partial charge in [0.2, 0.25) is 11.8 Å². The summed E-state index contributed by atoms with van der Waals surface area (Å²) in [6.45, 7) is 7.63. The molecule has 0 spiro atoms. The number of hydrogen-bond acceptors (Lipinski definition) is 4. The number of likely N-dealkylation sites (tertiary alicyclic amines) is 1. The van der Waals surface area contributed by atoms with Gasteiger partial charge in [0.05, 0.1) is 0 Å². The summed E-state index contributed by atoms with van der Waals surface area (Å²) in [7, 11) is 0. The maximum Gasteiger partial charge on any atom is 0.290 e. The fourth-order valence-electron chi connectivity index (χ4n) is 6.07. The van der Waals surface area contributed by atoms with Crippen molar-refractivity contribution in [2.24, 2.45) is 11.8 Å². The summed E-state index contributed by atoms with van der Waals surface area (Å²) < 4.78 is 0. The van der Waals surface area contributed by atoms with Crippen molar-refractivity contribution in [3.05, 3.63) is 35.9 Å². The molecule has 3 fully saturated rings. The Morgan fingerprint density at radius 2 is 1.84 bits per heavy atom. The Labute approximate surface area is 191 Å². The molecule has 0 unspecified atom stereocenters. The predicted molar refractivity (Wildman–Crippen MR) is 123 cm³/mol. The van der Waals surface area contributed by atoms with E-state index in [-0.39, 0.29) is 18.3 Å². The summed E-state index contributed by atoms with van der Waals surface area (Å²) in [4.78, 5) is 37.9. The zero-order valence-electron chi connectivity index (χ0n) is 19.5. The van der Waals surface area contributed by atoms with Gasteiger partial charge in [0.1, 0.15) is 5.54 Å². The number of fused-ring (bicyclic) bond motifs is 4. The molecule has 7 nitrogen and oxygen atoms in total. The number of piperidine rings is 3. The highest BCUT2D eigenvalue weighted by Crippen LogP contribution is 2.40. The van der Waals surface area contributed by atoms with E-state index in [1.165, 1.54) is 38.2 Å². The second kappa shape index (κ2) is 10.5. The van der Waals surface area contributed by atoms with Crippen LogP contribution in [0.2, 0.25) is 0 Å². The van der Waals surface area contributed by atoms with Crippen molar-refractivity contribution >= 4 is 18.3 Å². The molecule has 1 aromatic carbocycles. The second-order valence-electron chi connectivity index (χ2n) is 10.0. The quantitative estimate of drug-likeness (QED) is 0.698. The van der Waals surface area contributed by atoms with Crippen LogP contribution in [0.1, 0.15) is 52.0 Å². The highest BCUT2D eigenvalue weighted by molar-refractivity contribution is 5.90. The molecule has 3 saturated heterocycles. The molecule has 4 atom stereocenters. The number of hydrogen-bond donors (Lipinski definition) is 2. The molecule has 2 amide bonds. The molecular formula is C25H37N3O4. The van der Waals surface area contributed by atoms with Crippen molar-refractivity contribution in [2.45, 2.75) is 70.5 Å². The summed E-state index contributed by atoms with van der Waals surface area (Å²) in [5, 5.41) is 9.72. The Morgan fingerprint density at radius 3 is 2.50 bits per heavy atom. The topological polar surface area (TPSA) is 90.0 Å². The number of rotatable bonds is 4. The molecule has 3 aliphatic rings. The number of carbonyl (C=O) groups is 3. The molecule has 32 heavy (non-hydrogen) atoms. The first-order chi connectivity index (χ1) is 15.2. The van der Waals surface area contributed by atoms with Crippen molar-refractivity contribution in [1.82, 2.24) is 15.1 Å². The minimum absolute atomic E-state index is 0.0625. The lowest BCUT2D eigenvalue weighted by atomic mass is 9.73. The standard InChI is InChI=1S/C24H35N3O2.CH2O2/c1-17(28)25-24(2,3)23(29)26-14-19-12-20(16-26)22-11-7-10-21(27(22)15-19)13-18-8-5-4-6-9-18;2-1-3/h4-6,8-9,19-22H,7,10-16H2,1-3H3,(H,25,28);1H,(H,2,3)/t19-,20+,21+,22-;/m0./s1. The average molecular weight is 444 g/mol. The maximum atomic E-state index is 13.1. The van der Waals surface area contributed by atoms with Gasteiger partial charge in [0.25, 0.3) is 6.47 Å². The van der Waals surface area contributed by atoms with Crippen LogP contribution >= 0.6 is 0 Å².